The highest BCUT2D eigenvalue weighted by Crippen LogP contribution is 2.30. The van der Waals surface area contributed by atoms with Crippen molar-refractivity contribution in [2.75, 3.05) is 0 Å². The fourth-order valence-corrected chi connectivity index (χ4v) is 2.07. The highest BCUT2D eigenvalue weighted by atomic mass is 35.5. The van der Waals surface area contributed by atoms with Gasteiger partial charge >= 0.3 is 0 Å². The topological polar surface area (TPSA) is 38.0 Å². The van der Waals surface area contributed by atoms with E-state index in [1.54, 1.807) is 17.1 Å². The lowest BCUT2D eigenvalue weighted by molar-refractivity contribution is 0.0265. The number of hydrogen-bond acceptors (Lipinski definition) is 2. The van der Waals surface area contributed by atoms with Crippen molar-refractivity contribution in [1.82, 2.24) is 9.78 Å². The summed E-state index contributed by atoms with van der Waals surface area (Å²) >= 11 is 5.73. The second-order valence-corrected chi connectivity index (χ2v) is 4.22. The number of aliphatic hydroxyl groups is 1. The Bertz CT molecular complexity index is 292. The molecule has 0 saturated heterocycles. The Kier molecular flexibility index (Phi) is 2.30. The number of rotatable bonds is 2. The maximum Gasteiger partial charge on any atom is 0.0842 e. The Labute approximate surface area is 82.3 Å². The smallest absolute Gasteiger partial charge is 0.0842 e. The van der Waals surface area contributed by atoms with Gasteiger partial charge in [-0.1, -0.05) is 24.4 Å². The zero-order valence-corrected chi connectivity index (χ0v) is 8.17. The minimum Gasteiger partial charge on any atom is -0.388 e. The molecule has 0 spiro atoms. The van der Waals surface area contributed by atoms with E-state index in [2.05, 4.69) is 5.10 Å². The van der Waals surface area contributed by atoms with Gasteiger partial charge in [0.05, 0.1) is 23.4 Å². The maximum atomic E-state index is 10.1. The van der Waals surface area contributed by atoms with Crippen LogP contribution in [0.25, 0.3) is 0 Å². The van der Waals surface area contributed by atoms with Crippen molar-refractivity contribution in [2.24, 2.45) is 0 Å². The fraction of sp³-hybridized carbons (Fsp3) is 0.667. The van der Waals surface area contributed by atoms with Crippen molar-refractivity contribution in [3.05, 3.63) is 17.4 Å². The SMILES string of the molecule is OC1(Cn2cc(Cl)cn2)CCCC1. The molecule has 3 nitrogen and oxygen atoms in total. The molecule has 1 saturated carbocycles. The van der Waals surface area contributed by atoms with Crippen LogP contribution in [0.5, 0.6) is 0 Å². The standard InChI is InChI=1S/C9H13ClN2O/c10-8-5-11-12(6-8)7-9(13)3-1-2-4-9/h5-6,13H,1-4,7H2. The molecule has 1 N–H and O–H groups in total. The number of halogens is 1. The monoisotopic (exact) mass is 200 g/mol. The van der Waals surface area contributed by atoms with Crippen LogP contribution in [0.2, 0.25) is 5.02 Å². The largest absolute Gasteiger partial charge is 0.388 e. The van der Waals surface area contributed by atoms with E-state index in [-0.39, 0.29) is 0 Å². The maximum absolute atomic E-state index is 10.1. The number of nitrogens with zero attached hydrogens (tertiary/aromatic N) is 2. The third-order valence-electron chi connectivity index (χ3n) is 2.59. The van der Waals surface area contributed by atoms with E-state index in [0.717, 1.165) is 25.7 Å². The van der Waals surface area contributed by atoms with Gasteiger partial charge in [0.2, 0.25) is 0 Å². The van der Waals surface area contributed by atoms with Gasteiger partial charge in [-0.3, -0.25) is 4.68 Å². The first-order chi connectivity index (χ1) is 6.18. The number of hydrogen-bond donors (Lipinski definition) is 1. The highest BCUT2D eigenvalue weighted by molar-refractivity contribution is 6.30. The third kappa shape index (κ3) is 2.03. The van der Waals surface area contributed by atoms with Crippen molar-refractivity contribution in [3.63, 3.8) is 0 Å². The summed E-state index contributed by atoms with van der Waals surface area (Å²) in [6.45, 7) is 0.569. The van der Waals surface area contributed by atoms with Crippen LogP contribution in [0.4, 0.5) is 0 Å². The van der Waals surface area contributed by atoms with E-state index < -0.39 is 5.60 Å². The van der Waals surface area contributed by atoms with Gasteiger partial charge in [0.25, 0.3) is 0 Å². The summed E-state index contributed by atoms with van der Waals surface area (Å²) in [7, 11) is 0. The predicted octanol–water partition coefficient (Wildman–Crippen LogP) is 1.84. The molecule has 0 aliphatic heterocycles. The van der Waals surface area contributed by atoms with Crippen molar-refractivity contribution < 1.29 is 5.11 Å². The van der Waals surface area contributed by atoms with E-state index in [0.29, 0.717) is 11.6 Å². The van der Waals surface area contributed by atoms with Crippen molar-refractivity contribution >= 4 is 11.6 Å². The first kappa shape index (κ1) is 9.03. The summed E-state index contributed by atoms with van der Waals surface area (Å²) in [6, 6.07) is 0. The van der Waals surface area contributed by atoms with Gasteiger partial charge in [-0.25, -0.2) is 0 Å². The Balaban J connectivity index is 2.04. The molecular formula is C9H13ClN2O. The lowest BCUT2D eigenvalue weighted by Crippen LogP contribution is -2.30. The minimum atomic E-state index is -0.546. The molecule has 72 valence electrons. The molecule has 1 aliphatic carbocycles. The molecule has 0 amide bonds. The third-order valence-corrected chi connectivity index (χ3v) is 2.79. The minimum absolute atomic E-state index is 0.546. The molecule has 13 heavy (non-hydrogen) atoms. The van der Waals surface area contributed by atoms with Crippen LogP contribution in [0.15, 0.2) is 12.4 Å². The molecule has 0 bridgehead atoms. The molecule has 1 aliphatic rings. The molecule has 1 aromatic heterocycles. The first-order valence-corrected chi connectivity index (χ1v) is 4.96. The van der Waals surface area contributed by atoms with E-state index in [9.17, 15) is 5.11 Å². The Morgan fingerprint density at radius 1 is 1.54 bits per heavy atom. The average molecular weight is 201 g/mol. The zero-order chi connectivity index (χ0) is 9.31. The van der Waals surface area contributed by atoms with Crippen LogP contribution >= 0.6 is 11.6 Å². The van der Waals surface area contributed by atoms with Crippen molar-refractivity contribution in [1.29, 1.82) is 0 Å². The normalized spacial score (nSPS) is 20.8. The quantitative estimate of drug-likeness (QED) is 0.791. The summed E-state index contributed by atoms with van der Waals surface area (Å²) < 4.78 is 1.72. The molecule has 2 rings (SSSR count). The molecule has 0 unspecified atom stereocenters. The molecule has 1 aromatic rings. The van der Waals surface area contributed by atoms with Crippen LogP contribution in [-0.4, -0.2) is 20.5 Å². The van der Waals surface area contributed by atoms with E-state index in [1.165, 1.54) is 0 Å². The summed E-state index contributed by atoms with van der Waals surface area (Å²) in [5.74, 6) is 0. The van der Waals surface area contributed by atoms with Gasteiger partial charge in [0, 0.05) is 6.20 Å². The van der Waals surface area contributed by atoms with Crippen LogP contribution in [-0.2, 0) is 6.54 Å². The zero-order valence-electron chi connectivity index (χ0n) is 7.41. The summed E-state index contributed by atoms with van der Waals surface area (Å²) in [5, 5.41) is 14.7. The second kappa shape index (κ2) is 3.31. The van der Waals surface area contributed by atoms with E-state index in [1.807, 2.05) is 0 Å². The Hall–Kier alpha value is -0.540. The molecule has 0 aromatic carbocycles. The molecule has 4 heteroatoms. The molecule has 0 radical (unpaired) electrons. The van der Waals surface area contributed by atoms with Crippen LogP contribution < -0.4 is 0 Å². The highest BCUT2D eigenvalue weighted by Gasteiger charge is 2.31. The molecular weight excluding hydrogens is 188 g/mol. The second-order valence-electron chi connectivity index (χ2n) is 3.79. The van der Waals surface area contributed by atoms with Gasteiger partial charge in [-0.05, 0) is 12.8 Å². The molecule has 0 atom stereocenters. The molecule has 1 heterocycles. The van der Waals surface area contributed by atoms with Crippen LogP contribution in [0, 0.1) is 0 Å². The van der Waals surface area contributed by atoms with Crippen LogP contribution in [0.3, 0.4) is 0 Å². The fourth-order valence-electron chi connectivity index (χ4n) is 1.92. The first-order valence-electron chi connectivity index (χ1n) is 4.58. The summed E-state index contributed by atoms with van der Waals surface area (Å²) in [4.78, 5) is 0. The molecule has 1 fully saturated rings. The number of aromatic nitrogens is 2. The van der Waals surface area contributed by atoms with Crippen molar-refractivity contribution in [3.8, 4) is 0 Å². The Morgan fingerprint density at radius 3 is 2.77 bits per heavy atom. The van der Waals surface area contributed by atoms with Gasteiger partial charge in [0.1, 0.15) is 0 Å². The van der Waals surface area contributed by atoms with E-state index in [4.69, 9.17) is 11.6 Å². The lowest BCUT2D eigenvalue weighted by atomic mass is 10.0. The van der Waals surface area contributed by atoms with Crippen LogP contribution in [0.1, 0.15) is 25.7 Å². The Morgan fingerprint density at radius 2 is 2.23 bits per heavy atom. The predicted molar refractivity (Wildman–Crippen MR) is 50.7 cm³/mol. The van der Waals surface area contributed by atoms with Gasteiger partial charge in [-0.15, -0.1) is 0 Å². The van der Waals surface area contributed by atoms with Gasteiger partial charge < -0.3 is 5.11 Å². The lowest BCUT2D eigenvalue weighted by Gasteiger charge is -2.21. The van der Waals surface area contributed by atoms with E-state index >= 15 is 0 Å². The van der Waals surface area contributed by atoms with Gasteiger partial charge in [-0.2, -0.15) is 5.10 Å². The summed E-state index contributed by atoms with van der Waals surface area (Å²) in [5.41, 5.74) is -0.546. The summed E-state index contributed by atoms with van der Waals surface area (Å²) in [6.07, 6.45) is 7.34. The average Bonchev–Trinajstić information content (AvgIpc) is 2.62. The van der Waals surface area contributed by atoms with Crippen molar-refractivity contribution in [2.45, 2.75) is 37.8 Å². The van der Waals surface area contributed by atoms with Gasteiger partial charge in [0.15, 0.2) is 0 Å².